The summed E-state index contributed by atoms with van der Waals surface area (Å²) < 4.78 is 26.3. The standard InChI is InChI=1S/C22H27N3O3S2/c1-16-5-8-18(9-6-16)30(27,28)14-11-21(26)25(13-12-24(3)4)22-23-19-10-7-17(2)15-20(19)29-22/h5-10,15H,11-14H2,1-4H3. The molecule has 2 aromatic carbocycles. The lowest BCUT2D eigenvalue weighted by atomic mass is 10.2. The van der Waals surface area contributed by atoms with Crippen molar-refractivity contribution in [3.8, 4) is 0 Å². The fraction of sp³-hybridized carbons (Fsp3) is 0.364. The number of likely N-dealkylation sites (N-methyl/N-ethyl adjacent to an activating group) is 1. The molecule has 160 valence electrons. The van der Waals surface area contributed by atoms with E-state index in [0.29, 0.717) is 18.2 Å². The molecule has 1 aromatic heterocycles. The molecule has 0 aliphatic rings. The Kier molecular flexibility index (Phi) is 6.90. The van der Waals surface area contributed by atoms with Crippen molar-refractivity contribution in [2.45, 2.75) is 25.2 Å². The van der Waals surface area contributed by atoms with Crippen molar-refractivity contribution in [1.29, 1.82) is 0 Å². The van der Waals surface area contributed by atoms with E-state index >= 15 is 0 Å². The summed E-state index contributed by atoms with van der Waals surface area (Å²) >= 11 is 1.46. The zero-order valence-corrected chi connectivity index (χ0v) is 19.4. The van der Waals surface area contributed by atoms with E-state index in [9.17, 15) is 13.2 Å². The van der Waals surface area contributed by atoms with Gasteiger partial charge in [-0.2, -0.15) is 0 Å². The van der Waals surface area contributed by atoms with Crippen LogP contribution in [0.25, 0.3) is 10.2 Å². The number of carbonyl (C=O) groups excluding carboxylic acids is 1. The molecule has 0 unspecified atom stereocenters. The molecule has 0 aliphatic carbocycles. The van der Waals surface area contributed by atoms with Crippen molar-refractivity contribution in [3.63, 3.8) is 0 Å². The van der Waals surface area contributed by atoms with Gasteiger partial charge in [-0.1, -0.05) is 35.1 Å². The summed E-state index contributed by atoms with van der Waals surface area (Å²) in [7, 11) is 0.349. The van der Waals surface area contributed by atoms with Crippen molar-refractivity contribution < 1.29 is 13.2 Å². The van der Waals surface area contributed by atoms with Gasteiger partial charge in [0, 0.05) is 19.5 Å². The van der Waals surface area contributed by atoms with E-state index < -0.39 is 9.84 Å². The minimum absolute atomic E-state index is 0.0847. The first-order valence-corrected chi connectivity index (χ1v) is 12.2. The van der Waals surface area contributed by atoms with Gasteiger partial charge in [0.1, 0.15) is 0 Å². The molecular formula is C22H27N3O3S2. The molecule has 0 saturated heterocycles. The molecular weight excluding hydrogens is 418 g/mol. The first kappa shape index (κ1) is 22.4. The van der Waals surface area contributed by atoms with Gasteiger partial charge >= 0.3 is 0 Å². The fourth-order valence-corrected chi connectivity index (χ4v) is 5.32. The van der Waals surface area contributed by atoms with E-state index in [1.54, 1.807) is 29.2 Å². The minimum atomic E-state index is -3.52. The van der Waals surface area contributed by atoms with E-state index in [1.165, 1.54) is 11.3 Å². The molecule has 1 amide bonds. The van der Waals surface area contributed by atoms with Crippen molar-refractivity contribution >= 4 is 42.4 Å². The Bertz CT molecular complexity index is 1140. The predicted octanol–water partition coefficient (Wildman–Crippen LogP) is 3.67. The Morgan fingerprint density at radius 1 is 1.00 bits per heavy atom. The molecule has 1 heterocycles. The van der Waals surface area contributed by atoms with Crippen molar-refractivity contribution in [2.24, 2.45) is 0 Å². The Hall–Kier alpha value is -2.29. The van der Waals surface area contributed by atoms with Crippen molar-refractivity contribution in [2.75, 3.05) is 37.8 Å². The molecule has 0 aliphatic heterocycles. The summed E-state index contributed by atoms with van der Waals surface area (Å²) in [5.74, 6) is -0.458. The number of nitrogens with zero attached hydrogens (tertiary/aromatic N) is 3. The molecule has 8 heteroatoms. The second-order valence-electron chi connectivity index (χ2n) is 7.70. The number of hydrogen-bond donors (Lipinski definition) is 0. The molecule has 0 spiro atoms. The van der Waals surface area contributed by atoms with E-state index in [-0.39, 0.29) is 23.0 Å². The molecule has 0 saturated carbocycles. The van der Waals surface area contributed by atoms with Crippen LogP contribution in [0.3, 0.4) is 0 Å². The quantitative estimate of drug-likeness (QED) is 0.529. The van der Waals surface area contributed by atoms with Crippen LogP contribution in [0.15, 0.2) is 47.4 Å². The van der Waals surface area contributed by atoms with Crippen LogP contribution in [0.4, 0.5) is 5.13 Å². The monoisotopic (exact) mass is 445 g/mol. The summed E-state index contributed by atoms with van der Waals surface area (Å²) in [6.45, 7) is 5.03. The molecule has 0 bridgehead atoms. The maximum absolute atomic E-state index is 13.0. The number of carbonyl (C=O) groups is 1. The highest BCUT2D eigenvalue weighted by Gasteiger charge is 2.23. The van der Waals surface area contributed by atoms with Crippen LogP contribution in [-0.4, -0.2) is 57.1 Å². The summed E-state index contributed by atoms with van der Waals surface area (Å²) in [5.41, 5.74) is 2.97. The average molecular weight is 446 g/mol. The SMILES string of the molecule is Cc1ccc(S(=O)(=O)CCC(=O)N(CCN(C)C)c2nc3ccc(C)cc3s2)cc1. The highest BCUT2D eigenvalue weighted by molar-refractivity contribution is 7.91. The highest BCUT2D eigenvalue weighted by Crippen LogP contribution is 2.30. The maximum Gasteiger partial charge on any atom is 0.229 e. The number of thiazole rings is 1. The molecule has 0 atom stereocenters. The number of amides is 1. The number of aryl methyl sites for hydroxylation is 2. The zero-order chi connectivity index (χ0) is 21.9. The largest absolute Gasteiger partial charge is 0.308 e. The Labute approximate surface area is 182 Å². The molecule has 30 heavy (non-hydrogen) atoms. The molecule has 6 nitrogen and oxygen atoms in total. The Morgan fingerprint density at radius 3 is 2.33 bits per heavy atom. The van der Waals surface area contributed by atoms with Gasteiger partial charge in [-0.15, -0.1) is 0 Å². The van der Waals surface area contributed by atoms with Crippen LogP contribution in [0.2, 0.25) is 0 Å². The van der Waals surface area contributed by atoms with E-state index in [2.05, 4.69) is 4.98 Å². The molecule has 3 rings (SSSR count). The third kappa shape index (κ3) is 5.44. The second-order valence-corrected chi connectivity index (χ2v) is 10.8. The van der Waals surface area contributed by atoms with Crippen molar-refractivity contribution in [1.82, 2.24) is 9.88 Å². The predicted molar refractivity (Wildman–Crippen MR) is 123 cm³/mol. The van der Waals surface area contributed by atoms with Gasteiger partial charge in [-0.05, 0) is 57.8 Å². The Morgan fingerprint density at radius 2 is 1.67 bits per heavy atom. The van der Waals surface area contributed by atoms with Crippen LogP contribution in [0.1, 0.15) is 17.5 Å². The van der Waals surface area contributed by atoms with E-state index in [0.717, 1.165) is 21.3 Å². The zero-order valence-electron chi connectivity index (χ0n) is 17.8. The van der Waals surface area contributed by atoms with Crippen molar-refractivity contribution in [3.05, 3.63) is 53.6 Å². The smallest absolute Gasteiger partial charge is 0.229 e. The minimum Gasteiger partial charge on any atom is -0.308 e. The first-order chi connectivity index (χ1) is 14.2. The lowest BCUT2D eigenvalue weighted by Crippen LogP contribution is -2.37. The van der Waals surface area contributed by atoms with Crippen LogP contribution >= 0.6 is 11.3 Å². The summed E-state index contributed by atoms with van der Waals surface area (Å²) in [6.07, 6.45) is -0.0847. The lowest BCUT2D eigenvalue weighted by molar-refractivity contribution is -0.118. The van der Waals surface area contributed by atoms with Crippen LogP contribution in [0.5, 0.6) is 0 Å². The lowest BCUT2D eigenvalue weighted by Gasteiger charge is -2.22. The van der Waals surface area contributed by atoms with Gasteiger partial charge in [0.2, 0.25) is 5.91 Å². The normalized spacial score (nSPS) is 11.9. The van der Waals surface area contributed by atoms with Crippen LogP contribution in [-0.2, 0) is 14.6 Å². The number of anilines is 1. The number of sulfone groups is 1. The van der Waals surface area contributed by atoms with Crippen LogP contribution < -0.4 is 4.90 Å². The molecule has 3 aromatic rings. The third-order valence-electron chi connectivity index (χ3n) is 4.80. The van der Waals surface area contributed by atoms with Gasteiger partial charge in [0.25, 0.3) is 0 Å². The Balaban J connectivity index is 1.80. The van der Waals surface area contributed by atoms with Gasteiger partial charge in [-0.3, -0.25) is 9.69 Å². The molecule has 0 radical (unpaired) electrons. The first-order valence-electron chi connectivity index (χ1n) is 9.77. The van der Waals surface area contributed by atoms with Gasteiger partial charge in [-0.25, -0.2) is 13.4 Å². The molecule has 0 fully saturated rings. The number of benzene rings is 2. The van der Waals surface area contributed by atoms with Gasteiger partial charge < -0.3 is 4.90 Å². The van der Waals surface area contributed by atoms with Crippen LogP contribution in [0, 0.1) is 13.8 Å². The highest BCUT2D eigenvalue weighted by atomic mass is 32.2. The van der Waals surface area contributed by atoms with Gasteiger partial charge in [0.15, 0.2) is 15.0 Å². The average Bonchev–Trinajstić information content (AvgIpc) is 3.09. The number of rotatable bonds is 8. The number of hydrogen-bond acceptors (Lipinski definition) is 6. The van der Waals surface area contributed by atoms with Gasteiger partial charge in [0.05, 0.1) is 20.9 Å². The summed E-state index contributed by atoms with van der Waals surface area (Å²) in [5, 5.41) is 0.607. The van der Waals surface area contributed by atoms with E-state index in [4.69, 9.17) is 0 Å². The topological polar surface area (TPSA) is 70.6 Å². The fourth-order valence-electron chi connectivity index (χ4n) is 2.98. The number of fused-ring (bicyclic) bond motifs is 1. The third-order valence-corrected chi connectivity index (χ3v) is 7.57. The number of aromatic nitrogens is 1. The molecule has 0 N–H and O–H groups in total. The maximum atomic E-state index is 13.0. The second kappa shape index (κ2) is 9.24. The summed E-state index contributed by atoms with van der Waals surface area (Å²) in [6, 6.07) is 12.7. The van der Waals surface area contributed by atoms with E-state index in [1.807, 2.05) is 51.0 Å². The summed E-state index contributed by atoms with van der Waals surface area (Å²) in [4.78, 5) is 21.5.